The van der Waals surface area contributed by atoms with Crippen LogP contribution in [0.3, 0.4) is 0 Å². The number of halogens is 1. The maximum atomic E-state index is 11.8. The molecule has 2 rings (SSSR count). The first-order valence-corrected chi connectivity index (χ1v) is 7.18. The van der Waals surface area contributed by atoms with Crippen molar-refractivity contribution in [1.82, 2.24) is 14.9 Å². The van der Waals surface area contributed by atoms with Crippen molar-refractivity contribution in [1.29, 1.82) is 0 Å². The molecule has 0 aliphatic carbocycles. The summed E-state index contributed by atoms with van der Waals surface area (Å²) in [4.78, 5) is 11.8. The number of aromatic nitrogens is 3. The molecule has 0 atom stereocenters. The molecular formula is C11H12BrN5OS. The molecule has 2 aromatic rings. The van der Waals surface area contributed by atoms with Gasteiger partial charge in [-0.25, -0.2) is 4.68 Å². The number of carbonyl (C=O) groups excluding carboxylic acids is 1. The van der Waals surface area contributed by atoms with E-state index in [1.165, 1.54) is 22.8 Å². The lowest BCUT2D eigenvalue weighted by atomic mass is 10.2. The molecule has 19 heavy (non-hydrogen) atoms. The lowest BCUT2D eigenvalue weighted by molar-refractivity contribution is -0.113. The Kier molecular flexibility index (Phi) is 4.43. The van der Waals surface area contributed by atoms with E-state index in [2.05, 4.69) is 31.4 Å². The number of amides is 1. The van der Waals surface area contributed by atoms with Gasteiger partial charge < -0.3 is 11.2 Å². The van der Waals surface area contributed by atoms with Crippen molar-refractivity contribution in [3.63, 3.8) is 0 Å². The summed E-state index contributed by atoms with van der Waals surface area (Å²) in [6.07, 6.45) is 1.39. The average molecular weight is 342 g/mol. The SMILES string of the molecule is Cc1cc(NC(=O)CSc2nncn2N)ccc1Br. The fraction of sp³-hybridized carbons (Fsp3) is 0.182. The highest BCUT2D eigenvalue weighted by molar-refractivity contribution is 9.10. The van der Waals surface area contributed by atoms with Crippen molar-refractivity contribution >= 4 is 39.3 Å². The molecule has 0 saturated carbocycles. The van der Waals surface area contributed by atoms with Gasteiger partial charge in [0.05, 0.1) is 5.75 Å². The zero-order valence-corrected chi connectivity index (χ0v) is 12.5. The first-order valence-electron chi connectivity index (χ1n) is 5.40. The second kappa shape index (κ2) is 6.07. The molecule has 0 fully saturated rings. The van der Waals surface area contributed by atoms with Crippen LogP contribution in [0.2, 0.25) is 0 Å². The molecule has 0 radical (unpaired) electrons. The van der Waals surface area contributed by atoms with E-state index < -0.39 is 0 Å². The van der Waals surface area contributed by atoms with Crippen molar-refractivity contribution in [2.75, 3.05) is 16.9 Å². The Balaban J connectivity index is 1.91. The van der Waals surface area contributed by atoms with Gasteiger partial charge in [-0.3, -0.25) is 4.79 Å². The Hall–Kier alpha value is -1.54. The Morgan fingerprint density at radius 2 is 2.37 bits per heavy atom. The average Bonchev–Trinajstić information content (AvgIpc) is 2.77. The lowest BCUT2D eigenvalue weighted by Crippen LogP contribution is -2.15. The Morgan fingerprint density at radius 1 is 1.58 bits per heavy atom. The number of anilines is 1. The molecule has 1 aromatic carbocycles. The van der Waals surface area contributed by atoms with Crippen molar-refractivity contribution in [3.05, 3.63) is 34.6 Å². The van der Waals surface area contributed by atoms with E-state index in [-0.39, 0.29) is 11.7 Å². The lowest BCUT2D eigenvalue weighted by Gasteiger charge is -2.06. The second-order valence-corrected chi connectivity index (χ2v) is 5.62. The standard InChI is InChI=1S/C11H12BrN5OS/c1-7-4-8(2-3-9(7)12)15-10(18)5-19-11-16-14-6-17(11)13/h2-4,6H,5,13H2,1H3,(H,15,18). The summed E-state index contributed by atoms with van der Waals surface area (Å²) in [6.45, 7) is 1.96. The largest absolute Gasteiger partial charge is 0.336 e. The molecule has 1 amide bonds. The zero-order valence-electron chi connectivity index (χ0n) is 10.1. The second-order valence-electron chi connectivity index (χ2n) is 3.82. The number of hydrogen-bond donors (Lipinski definition) is 2. The highest BCUT2D eigenvalue weighted by atomic mass is 79.9. The van der Waals surface area contributed by atoms with Crippen molar-refractivity contribution < 1.29 is 4.79 Å². The van der Waals surface area contributed by atoms with Gasteiger partial charge in [0, 0.05) is 10.2 Å². The number of rotatable bonds is 4. The minimum atomic E-state index is -0.116. The summed E-state index contributed by atoms with van der Waals surface area (Å²) in [5, 5.41) is 10.7. The highest BCUT2D eigenvalue weighted by Crippen LogP contribution is 2.20. The van der Waals surface area contributed by atoms with Crippen LogP contribution in [0.1, 0.15) is 5.56 Å². The van der Waals surface area contributed by atoms with Crippen LogP contribution in [0.4, 0.5) is 5.69 Å². The van der Waals surface area contributed by atoms with Gasteiger partial charge in [0.2, 0.25) is 11.1 Å². The normalized spacial score (nSPS) is 10.4. The molecule has 1 aromatic heterocycles. The van der Waals surface area contributed by atoms with E-state index in [0.717, 1.165) is 15.7 Å². The van der Waals surface area contributed by atoms with Crippen LogP contribution in [0.15, 0.2) is 34.2 Å². The van der Waals surface area contributed by atoms with Crippen LogP contribution >= 0.6 is 27.7 Å². The van der Waals surface area contributed by atoms with Gasteiger partial charge >= 0.3 is 0 Å². The van der Waals surface area contributed by atoms with Gasteiger partial charge in [0.25, 0.3) is 0 Å². The predicted molar refractivity (Wildman–Crippen MR) is 78.4 cm³/mol. The third kappa shape index (κ3) is 3.71. The Bertz CT molecular complexity index is 601. The number of hydrogen-bond acceptors (Lipinski definition) is 5. The van der Waals surface area contributed by atoms with Crippen LogP contribution in [-0.4, -0.2) is 26.5 Å². The molecule has 0 aliphatic rings. The monoisotopic (exact) mass is 341 g/mol. The summed E-state index contributed by atoms with van der Waals surface area (Å²) in [5.74, 6) is 5.66. The molecule has 0 aliphatic heterocycles. The molecule has 8 heteroatoms. The zero-order chi connectivity index (χ0) is 13.8. The van der Waals surface area contributed by atoms with Crippen LogP contribution in [0.5, 0.6) is 0 Å². The Labute approximate surface area is 122 Å². The van der Waals surface area contributed by atoms with Crippen LogP contribution in [0, 0.1) is 6.92 Å². The molecule has 0 bridgehead atoms. The minimum Gasteiger partial charge on any atom is -0.336 e. The number of nitrogens with zero attached hydrogens (tertiary/aromatic N) is 3. The van der Waals surface area contributed by atoms with Crippen LogP contribution < -0.4 is 11.2 Å². The summed E-state index contributed by atoms with van der Waals surface area (Å²) in [6, 6.07) is 5.64. The van der Waals surface area contributed by atoms with Gasteiger partial charge in [-0.1, -0.05) is 27.7 Å². The quantitative estimate of drug-likeness (QED) is 0.654. The summed E-state index contributed by atoms with van der Waals surface area (Å²) in [5.41, 5.74) is 1.83. The first kappa shape index (κ1) is 13.9. The fourth-order valence-corrected chi connectivity index (χ4v) is 2.26. The molecule has 100 valence electrons. The van der Waals surface area contributed by atoms with Crippen LogP contribution in [0.25, 0.3) is 0 Å². The first-order chi connectivity index (χ1) is 9.06. The van der Waals surface area contributed by atoms with Gasteiger partial charge in [-0.2, -0.15) is 0 Å². The number of nitrogen functional groups attached to an aromatic ring is 1. The predicted octanol–water partition coefficient (Wildman–Crippen LogP) is 1.79. The summed E-state index contributed by atoms with van der Waals surface area (Å²) in [7, 11) is 0. The van der Waals surface area contributed by atoms with Gasteiger partial charge in [-0.15, -0.1) is 10.2 Å². The number of benzene rings is 1. The van der Waals surface area contributed by atoms with Gasteiger partial charge in [0.1, 0.15) is 6.33 Å². The number of nitrogens with two attached hydrogens (primary N) is 1. The van der Waals surface area contributed by atoms with E-state index in [1.54, 1.807) is 0 Å². The molecule has 0 spiro atoms. The molecule has 0 saturated heterocycles. The molecule has 1 heterocycles. The minimum absolute atomic E-state index is 0.116. The molecular weight excluding hydrogens is 330 g/mol. The third-order valence-corrected chi connectivity index (χ3v) is 4.16. The maximum absolute atomic E-state index is 11.8. The van der Waals surface area contributed by atoms with E-state index in [0.29, 0.717) is 5.16 Å². The summed E-state index contributed by atoms with van der Waals surface area (Å²) >= 11 is 4.64. The fourth-order valence-electron chi connectivity index (χ4n) is 1.38. The van der Waals surface area contributed by atoms with Gasteiger partial charge in [0.15, 0.2) is 0 Å². The van der Waals surface area contributed by atoms with E-state index >= 15 is 0 Å². The number of aryl methyl sites for hydroxylation is 1. The smallest absolute Gasteiger partial charge is 0.234 e. The van der Waals surface area contributed by atoms with Crippen molar-refractivity contribution in [2.24, 2.45) is 0 Å². The van der Waals surface area contributed by atoms with Gasteiger partial charge in [-0.05, 0) is 30.7 Å². The molecule has 3 N–H and O–H groups in total. The van der Waals surface area contributed by atoms with E-state index in [9.17, 15) is 4.79 Å². The van der Waals surface area contributed by atoms with E-state index in [4.69, 9.17) is 5.84 Å². The molecule has 0 unspecified atom stereocenters. The Morgan fingerprint density at radius 3 is 3.00 bits per heavy atom. The number of nitrogens with one attached hydrogen (secondary N) is 1. The topological polar surface area (TPSA) is 85.8 Å². The number of carbonyl (C=O) groups is 1. The van der Waals surface area contributed by atoms with Crippen molar-refractivity contribution in [3.8, 4) is 0 Å². The van der Waals surface area contributed by atoms with Crippen LogP contribution in [-0.2, 0) is 4.79 Å². The maximum Gasteiger partial charge on any atom is 0.234 e. The van der Waals surface area contributed by atoms with Crippen molar-refractivity contribution in [2.45, 2.75) is 12.1 Å². The molecule has 6 nitrogen and oxygen atoms in total. The third-order valence-electron chi connectivity index (χ3n) is 2.31. The van der Waals surface area contributed by atoms with E-state index in [1.807, 2.05) is 25.1 Å². The number of thioether (sulfide) groups is 1. The summed E-state index contributed by atoms with van der Waals surface area (Å²) < 4.78 is 2.29. The highest BCUT2D eigenvalue weighted by Gasteiger charge is 2.08.